The maximum absolute atomic E-state index is 11.5. The number of hydrogen-bond donors (Lipinski definition) is 1. The largest absolute Gasteiger partial charge is 0.461 e. The molecule has 15 heavy (non-hydrogen) atoms. The van der Waals surface area contributed by atoms with Gasteiger partial charge in [-0.1, -0.05) is 0 Å². The summed E-state index contributed by atoms with van der Waals surface area (Å²) in [4.78, 5) is 18.8. The van der Waals surface area contributed by atoms with Gasteiger partial charge in [-0.3, -0.25) is 0 Å². The summed E-state index contributed by atoms with van der Waals surface area (Å²) in [6.07, 6.45) is 1.80. The van der Waals surface area contributed by atoms with E-state index in [1.165, 1.54) is 0 Å². The summed E-state index contributed by atoms with van der Waals surface area (Å²) in [7, 11) is 0. The molecule has 0 unspecified atom stereocenters. The number of carbonyl (C=O) groups is 1. The second kappa shape index (κ2) is 3.73. The number of carbonyl (C=O) groups excluding carboxylic acids is 1. The van der Waals surface area contributed by atoms with E-state index >= 15 is 0 Å². The molecule has 0 aliphatic rings. The number of rotatable bonds is 2. The summed E-state index contributed by atoms with van der Waals surface area (Å²) in [5, 5.41) is 0. The summed E-state index contributed by atoms with van der Waals surface area (Å²) < 4.78 is 4.92. The Bertz CT molecular complexity index is 502. The number of aromatic nitrogens is 2. The van der Waals surface area contributed by atoms with Crippen molar-refractivity contribution in [1.29, 1.82) is 0 Å². The molecule has 0 aliphatic heterocycles. The van der Waals surface area contributed by atoms with E-state index in [9.17, 15) is 4.79 Å². The van der Waals surface area contributed by atoms with Crippen LogP contribution in [-0.2, 0) is 4.74 Å². The lowest BCUT2D eigenvalue weighted by Crippen LogP contribution is -2.09. The van der Waals surface area contributed by atoms with E-state index in [1.54, 1.807) is 13.1 Å². The Balaban J connectivity index is 2.50. The van der Waals surface area contributed by atoms with E-state index in [0.29, 0.717) is 12.3 Å². The van der Waals surface area contributed by atoms with Crippen LogP contribution in [-0.4, -0.2) is 22.5 Å². The highest BCUT2D eigenvalue weighted by Gasteiger charge is 2.13. The third-order valence-corrected chi connectivity index (χ3v) is 2.19. The van der Waals surface area contributed by atoms with Crippen molar-refractivity contribution < 1.29 is 9.53 Å². The van der Waals surface area contributed by atoms with Gasteiger partial charge in [0, 0.05) is 6.20 Å². The predicted octanol–water partition coefficient (Wildman–Crippen LogP) is 2.05. The molecule has 1 N–H and O–H groups in total. The lowest BCUT2D eigenvalue weighted by Gasteiger charge is -2.04. The average molecular weight is 204 g/mol. The van der Waals surface area contributed by atoms with Crippen LogP contribution in [0.1, 0.15) is 23.0 Å². The van der Waals surface area contributed by atoms with E-state index in [2.05, 4.69) is 9.97 Å². The van der Waals surface area contributed by atoms with Crippen molar-refractivity contribution in [1.82, 2.24) is 9.97 Å². The van der Waals surface area contributed by atoms with Gasteiger partial charge in [-0.15, -0.1) is 0 Å². The van der Waals surface area contributed by atoms with Gasteiger partial charge in [-0.2, -0.15) is 0 Å². The van der Waals surface area contributed by atoms with Crippen LogP contribution in [0.15, 0.2) is 18.3 Å². The third kappa shape index (κ3) is 1.70. The number of nitrogens with zero attached hydrogens (tertiary/aromatic N) is 1. The topological polar surface area (TPSA) is 55.0 Å². The number of nitrogens with one attached hydrogen (secondary N) is 1. The van der Waals surface area contributed by atoms with Gasteiger partial charge in [-0.25, -0.2) is 9.78 Å². The second-order valence-corrected chi connectivity index (χ2v) is 3.28. The predicted molar refractivity (Wildman–Crippen MR) is 56.8 cm³/mol. The highest BCUT2D eigenvalue weighted by Crippen LogP contribution is 2.15. The zero-order valence-electron chi connectivity index (χ0n) is 8.70. The minimum atomic E-state index is -0.363. The molecule has 2 rings (SSSR count). The second-order valence-electron chi connectivity index (χ2n) is 3.28. The van der Waals surface area contributed by atoms with Gasteiger partial charge in [0.1, 0.15) is 0 Å². The van der Waals surface area contributed by atoms with Gasteiger partial charge < -0.3 is 9.72 Å². The molecule has 2 aromatic rings. The Hall–Kier alpha value is -1.84. The molecule has 0 saturated heterocycles. The molecule has 0 spiro atoms. The molecule has 2 aromatic heterocycles. The van der Waals surface area contributed by atoms with Crippen molar-refractivity contribution in [3.05, 3.63) is 29.6 Å². The van der Waals surface area contributed by atoms with E-state index in [-0.39, 0.29) is 5.97 Å². The summed E-state index contributed by atoms with van der Waals surface area (Å²) >= 11 is 0. The average Bonchev–Trinajstić information content (AvgIpc) is 2.63. The Kier molecular flexibility index (Phi) is 2.41. The highest BCUT2D eigenvalue weighted by molar-refractivity contribution is 5.92. The minimum Gasteiger partial charge on any atom is -0.461 e. The molecule has 0 amide bonds. The smallest absolute Gasteiger partial charge is 0.357 e. The minimum absolute atomic E-state index is 0.363. The highest BCUT2D eigenvalue weighted by atomic mass is 16.5. The SMILES string of the molecule is CCOC(=O)c1nc2cc[nH]c2cc1C. The van der Waals surface area contributed by atoms with Crippen LogP contribution in [0.2, 0.25) is 0 Å². The van der Waals surface area contributed by atoms with Crippen LogP contribution in [0, 0.1) is 6.92 Å². The van der Waals surface area contributed by atoms with Crippen LogP contribution in [0.5, 0.6) is 0 Å². The van der Waals surface area contributed by atoms with Crippen molar-refractivity contribution in [2.45, 2.75) is 13.8 Å². The monoisotopic (exact) mass is 204 g/mol. The van der Waals surface area contributed by atoms with Gasteiger partial charge in [0.25, 0.3) is 0 Å². The molecule has 0 aromatic carbocycles. The van der Waals surface area contributed by atoms with Crippen molar-refractivity contribution in [2.75, 3.05) is 6.61 Å². The zero-order chi connectivity index (χ0) is 10.8. The molecule has 0 atom stereocenters. The van der Waals surface area contributed by atoms with Crippen molar-refractivity contribution in [3.63, 3.8) is 0 Å². The van der Waals surface area contributed by atoms with Crippen molar-refractivity contribution in [3.8, 4) is 0 Å². The first-order chi connectivity index (χ1) is 7.22. The Morgan fingerprint density at radius 3 is 3.13 bits per heavy atom. The summed E-state index contributed by atoms with van der Waals surface area (Å²) in [5.41, 5.74) is 2.93. The molecule has 0 fully saturated rings. The van der Waals surface area contributed by atoms with E-state index < -0.39 is 0 Å². The third-order valence-electron chi connectivity index (χ3n) is 2.19. The lowest BCUT2D eigenvalue weighted by atomic mass is 10.2. The number of H-pyrrole nitrogens is 1. The van der Waals surface area contributed by atoms with Crippen LogP contribution < -0.4 is 0 Å². The number of pyridine rings is 1. The molecular formula is C11H12N2O2. The first kappa shape index (κ1) is 9.71. The van der Waals surface area contributed by atoms with Crippen molar-refractivity contribution in [2.24, 2.45) is 0 Å². The van der Waals surface area contributed by atoms with Crippen LogP contribution in [0.25, 0.3) is 11.0 Å². The van der Waals surface area contributed by atoms with Gasteiger partial charge >= 0.3 is 5.97 Å². The first-order valence-corrected chi connectivity index (χ1v) is 4.84. The van der Waals surface area contributed by atoms with Crippen LogP contribution >= 0.6 is 0 Å². The quantitative estimate of drug-likeness (QED) is 0.761. The van der Waals surface area contributed by atoms with Gasteiger partial charge in [0.2, 0.25) is 0 Å². The fourth-order valence-corrected chi connectivity index (χ4v) is 1.49. The maximum atomic E-state index is 11.5. The number of aryl methyl sites for hydroxylation is 1. The number of ether oxygens (including phenoxy) is 1. The standard InChI is InChI=1S/C11H12N2O2/c1-3-15-11(14)10-7(2)6-9-8(13-10)4-5-12-9/h4-6,12H,3H2,1-2H3. The molecule has 0 saturated carbocycles. The number of aromatic amines is 1. The molecule has 4 nitrogen and oxygen atoms in total. The van der Waals surface area contributed by atoms with Crippen molar-refractivity contribution >= 4 is 17.0 Å². The lowest BCUT2D eigenvalue weighted by molar-refractivity contribution is 0.0519. The summed E-state index contributed by atoms with van der Waals surface area (Å²) in [6, 6.07) is 3.73. The zero-order valence-corrected chi connectivity index (χ0v) is 8.70. The number of fused-ring (bicyclic) bond motifs is 1. The fourth-order valence-electron chi connectivity index (χ4n) is 1.49. The summed E-state index contributed by atoms with van der Waals surface area (Å²) in [6.45, 7) is 3.99. The van der Waals surface area contributed by atoms with Gasteiger partial charge in [0.15, 0.2) is 5.69 Å². The van der Waals surface area contributed by atoms with E-state index in [0.717, 1.165) is 16.6 Å². The van der Waals surface area contributed by atoms with Gasteiger partial charge in [0.05, 0.1) is 17.6 Å². The summed E-state index contributed by atoms with van der Waals surface area (Å²) in [5.74, 6) is -0.363. The Morgan fingerprint density at radius 2 is 2.40 bits per heavy atom. The number of esters is 1. The van der Waals surface area contributed by atoms with Crippen LogP contribution in [0.4, 0.5) is 0 Å². The molecule has 78 valence electrons. The van der Waals surface area contributed by atoms with Crippen LogP contribution in [0.3, 0.4) is 0 Å². The molecule has 4 heteroatoms. The normalized spacial score (nSPS) is 10.5. The van der Waals surface area contributed by atoms with E-state index in [1.807, 2.05) is 19.1 Å². The number of hydrogen-bond acceptors (Lipinski definition) is 3. The molecular weight excluding hydrogens is 192 g/mol. The Labute approximate surface area is 87.3 Å². The Morgan fingerprint density at radius 1 is 1.60 bits per heavy atom. The molecule has 2 heterocycles. The van der Waals surface area contributed by atoms with Gasteiger partial charge in [-0.05, 0) is 31.5 Å². The molecule has 0 radical (unpaired) electrons. The first-order valence-electron chi connectivity index (χ1n) is 4.84. The van der Waals surface area contributed by atoms with E-state index in [4.69, 9.17) is 4.74 Å². The maximum Gasteiger partial charge on any atom is 0.357 e. The molecule has 0 bridgehead atoms. The molecule has 0 aliphatic carbocycles. The fraction of sp³-hybridized carbons (Fsp3) is 0.273.